The van der Waals surface area contributed by atoms with Crippen LogP contribution >= 0.6 is 15.9 Å². The number of aromatic nitrogens is 1. The molecule has 0 saturated heterocycles. The Balaban J connectivity index is 2.36. The standard InChI is InChI=1S/C20H22BrNO/c1-9-10(2)15(7)22-19(13(9)5)17-8-16-11(3)12(4)18(21)14(6)20(16)23-17/h8H,1-7H3. The third-order valence-corrected chi connectivity index (χ3v) is 6.42. The molecule has 2 heterocycles. The summed E-state index contributed by atoms with van der Waals surface area (Å²) in [6.07, 6.45) is 0. The number of pyridine rings is 1. The van der Waals surface area contributed by atoms with E-state index in [2.05, 4.69) is 70.5 Å². The van der Waals surface area contributed by atoms with E-state index in [1.165, 1.54) is 33.2 Å². The highest BCUT2D eigenvalue weighted by Crippen LogP contribution is 2.38. The molecule has 0 aliphatic rings. The van der Waals surface area contributed by atoms with Gasteiger partial charge in [-0.25, -0.2) is 4.98 Å². The normalized spacial score (nSPS) is 11.5. The lowest BCUT2D eigenvalue weighted by atomic mass is 9.99. The molecule has 120 valence electrons. The highest BCUT2D eigenvalue weighted by Gasteiger charge is 2.18. The second kappa shape index (κ2) is 5.48. The minimum absolute atomic E-state index is 0.854. The van der Waals surface area contributed by atoms with Crippen LogP contribution in [0.4, 0.5) is 0 Å². The van der Waals surface area contributed by atoms with Crippen molar-refractivity contribution in [3.8, 4) is 11.5 Å². The number of hydrogen-bond acceptors (Lipinski definition) is 2. The Hall–Kier alpha value is -1.61. The lowest BCUT2D eigenvalue weighted by Crippen LogP contribution is -1.98. The molecule has 0 saturated carbocycles. The highest BCUT2D eigenvalue weighted by molar-refractivity contribution is 9.10. The van der Waals surface area contributed by atoms with Crippen molar-refractivity contribution in [2.24, 2.45) is 0 Å². The topological polar surface area (TPSA) is 26.0 Å². The summed E-state index contributed by atoms with van der Waals surface area (Å²) < 4.78 is 7.37. The van der Waals surface area contributed by atoms with Gasteiger partial charge in [0.25, 0.3) is 0 Å². The molecule has 1 aromatic carbocycles. The largest absolute Gasteiger partial charge is 0.454 e. The maximum absolute atomic E-state index is 6.24. The van der Waals surface area contributed by atoms with Crippen molar-refractivity contribution in [1.82, 2.24) is 4.98 Å². The van der Waals surface area contributed by atoms with Gasteiger partial charge in [0, 0.05) is 21.1 Å². The Morgan fingerprint density at radius 1 is 0.783 bits per heavy atom. The molecule has 0 atom stereocenters. The quantitative estimate of drug-likeness (QED) is 0.493. The summed E-state index contributed by atoms with van der Waals surface area (Å²) in [6, 6.07) is 2.14. The first kappa shape index (κ1) is 16.3. The van der Waals surface area contributed by atoms with E-state index in [1.54, 1.807) is 0 Å². The van der Waals surface area contributed by atoms with Crippen molar-refractivity contribution < 1.29 is 4.42 Å². The second-order valence-corrected chi connectivity index (χ2v) is 7.26. The molecule has 2 aromatic heterocycles. The summed E-state index contributed by atoms with van der Waals surface area (Å²) in [4.78, 5) is 4.80. The second-order valence-electron chi connectivity index (χ2n) is 6.46. The summed E-state index contributed by atoms with van der Waals surface area (Å²) in [5.41, 5.74) is 10.4. The molecule has 0 aliphatic heterocycles. The lowest BCUT2D eigenvalue weighted by molar-refractivity contribution is 0.624. The number of fused-ring (bicyclic) bond motifs is 1. The SMILES string of the molecule is Cc1nc(-c2cc3c(C)c(C)c(Br)c(C)c3o2)c(C)c(C)c1C. The highest BCUT2D eigenvalue weighted by atomic mass is 79.9. The van der Waals surface area contributed by atoms with Crippen LogP contribution in [0.5, 0.6) is 0 Å². The van der Waals surface area contributed by atoms with E-state index in [9.17, 15) is 0 Å². The zero-order valence-corrected chi connectivity index (χ0v) is 16.4. The van der Waals surface area contributed by atoms with E-state index >= 15 is 0 Å². The van der Waals surface area contributed by atoms with Gasteiger partial charge in [-0.3, -0.25) is 0 Å². The van der Waals surface area contributed by atoms with Gasteiger partial charge in [-0.05, 0) is 82.3 Å². The molecule has 0 fully saturated rings. The van der Waals surface area contributed by atoms with Crippen LogP contribution in [0.15, 0.2) is 15.0 Å². The van der Waals surface area contributed by atoms with Crippen LogP contribution in [-0.4, -0.2) is 4.98 Å². The van der Waals surface area contributed by atoms with Gasteiger partial charge in [0.2, 0.25) is 0 Å². The molecule has 3 rings (SSSR count). The van der Waals surface area contributed by atoms with Crippen LogP contribution in [0.2, 0.25) is 0 Å². The molecule has 0 amide bonds. The molecule has 0 unspecified atom stereocenters. The van der Waals surface area contributed by atoms with Gasteiger partial charge in [0.15, 0.2) is 5.76 Å². The van der Waals surface area contributed by atoms with Crippen molar-refractivity contribution in [2.75, 3.05) is 0 Å². The molecular formula is C20H22BrNO. The zero-order valence-electron chi connectivity index (χ0n) is 14.8. The minimum Gasteiger partial charge on any atom is -0.454 e. The number of aryl methyl sites for hydroxylation is 3. The number of benzene rings is 1. The van der Waals surface area contributed by atoms with Crippen LogP contribution in [0.25, 0.3) is 22.4 Å². The van der Waals surface area contributed by atoms with E-state index in [0.29, 0.717) is 0 Å². The molecule has 0 spiro atoms. The van der Waals surface area contributed by atoms with E-state index in [4.69, 9.17) is 9.40 Å². The van der Waals surface area contributed by atoms with Gasteiger partial charge in [0.05, 0.1) is 0 Å². The molecular weight excluding hydrogens is 350 g/mol. The van der Waals surface area contributed by atoms with Gasteiger partial charge < -0.3 is 4.42 Å². The minimum atomic E-state index is 0.854. The Morgan fingerprint density at radius 2 is 1.43 bits per heavy atom. The monoisotopic (exact) mass is 371 g/mol. The Morgan fingerprint density at radius 3 is 2.09 bits per heavy atom. The maximum Gasteiger partial charge on any atom is 0.154 e. The van der Waals surface area contributed by atoms with Gasteiger partial charge >= 0.3 is 0 Å². The average Bonchev–Trinajstić information content (AvgIpc) is 2.97. The zero-order chi connectivity index (χ0) is 17.0. The van der Waals surface area contributed by atoms with Crippen molar-refractivity contribution in [1.29, 1.82) is 0 Å². The maximum atomic E-state index is 6.24. The molecule has 3 aromatic rings. The number of nitrogens with zero attached hydrogens (tertiary/aromatic N) is 1. The Labute approximate surface area is 146 Å². The fraction of sp³-hybridized carbons (Fsp3) is 0.350. The number of halogens is 1. The third-order valence-electron chi connectivity index (χ3n) is 5.23. The summed E-state index contributed by atoms with van der Waals surface area (Å²) in [5.74, 6) is 0.854. The van der Waals surface area contributed by atoms with E-state index in [0.717, 1.165) is 32.8 Å². The lowest BCUT2D eigenvalue weighted by Gasteiger charge is -2.11. The Bertz CT molecular complexity index is 906. The van der Waals surface area contributed by atoms with Crippen LogP contribution in [0.3, 0.4) is 0 Å². The smallest absolute Gasteiger partial charge is 0.154 e. The molecule has 23 heavy (non-hydrogen) atoms. The van der Waals surface area contributed by atoms with Gasteiger partial charge in [-0.2, -0.15) is 0 Å². The van der Waals surface area contributed by atoms with Crippen LogP contribution in [0.1, 0.15) is 39.1 Å². The van der Waals surface area contributed by atoms with Crippen LogP contribution in [0, 0.1) is 48.5 Å². The summed E-state index contributed by atoms with van der Waals surface area (Å²) >= 11 is 3.69. The van der Waals surface area contributed by atoms with E-state index in [-0.39, 0.29) is 0 Å². The van der Waals surface area contributed by atoms with E-state index in [1.807, 2.05) is 0 Å². The van der Waals surface area contributed by atoms with Gasteiger partial charge in [-0.15, -0.1) is 0 Å². The van der Waals surface area contributed by atoms with Gasteiger partial charge in [-0.1, -0.05) is 15.9 Å². The first-order chi connectivity index (χ1) is 10.7. The Kier molecular flexibility index (Phi) is 3.88. The summed E-state index contributed by atoms with van der Waals surface area (Å²) in [5, 5.41) is 1.18. The first-order valence-corrected chi connectivity index (χ1v) is 8.66. The van der Waals surface area contributed by atoms with Crippen LogP contribution in [-0.2, 0) is 0 Å². The molecule has 0 N–H and O–H groups in total. The molecule has 0 aliphatic carbocycles. The van der Waals surface area contributed by atoms with Crippen molar-refractivity contribution in [3.05, 3.63) is 49.6 Å². The predicted octanol–water partition coefficient (Wildman–Crippen LogP) is 6.42. The third kappa shape index (κ3) is 2.33. The fourth-order valence-corrected chi connectivity index (χ4v) is 3.60. The number of hydrogen-bond donors (Lipinski definition) is 0. The molecule has 2 nitrogen and oxygen atoms in total. The van der Waals surface area contributed by atoms with Crippen molar-refractivity contribution in [3.63, 3.8) is 0 Å². The molecule has 3 heteroatoms. The van der Waals surface area contributed by atoms with Crippen molar-refractivity contribution >= 4 is 26.9 Å². The summed E-state index contributed by atoms with van der Waals surface area (Å²) in [6.45, 7) is 14.8. The first-order valence-electron chi connectivity index (χ1n) is 7.87. The van der Waals surface area contributed by atoms with E-state index < -0.39 is 0 Å². The summed E-state index contributed by atoms with van der Waals surface area (Å²) in [7, 11) is 0. The number of rotatable bonds is 1. The predicted molar refractivity (Wildman–Crippen MR) is 100 cm³/mol. The fourth-order valence-electron chi connectivity index (χ4n) is 3.12. The number of furan rings is 1. The molecule has 0 bridgehead atoms. The van der Waals surface area contributed by atoms with Crippen LogP contribution < -0.4 is 0 Å². The van der Waals surface area contributed by atoms with Crippen molar-refractivity contribution in [2.45, 2.75) is 48.5 Å². The average molecular weight is 372 g/mol. The van der Waals surface area contributed by atoms with Gasteiger partial charge in [0.1, 0.15) is 11.3 Å². The molecule has 0 radical (unpaired) electrons.